The minimum atomic E-state index is -0.642. The molecule has 0 amide bonds. The summed E-state index contributed by atoms with van der Waals surface area (Å²) in [5.74, 6) is 0.804. The molecule has 0 aromatic rings. The van der Waals surface area contributed by atoms with Crippen molar-refractivity contribution in [3.05, 3.63) is 0 Å². The number of rotatable bonds is 7. The molecular formula is C13H27NO2. The van der Waals surface area contributed by atoms with Gasteiger partial charge < -0.3 is 15.2 Å². The molecular weight excluding hydrogens is 202 g/mol. The zero-order valence-corrected chi connectivity index (χ0v) is 11.0. The first-order valence-corrected chi connectivity index (χ1v) is 6.54. The monoisotopic (exact) mass is 229 g/mol. The van der Waals surface area contributed by atoms with Crippen LogP contribution < -0.4 is 5.32 Å². The second kappa shape index (κ2) is 6.58. The van der Waals surface area contributed by atoms with Gasteiger partial charge in [-0.1, -0.05) is 19.8 Å². The molecule has 0 aliphatic heterocycles. The Kier molecular flexibility index (Phi) is 5.73. The fourth-order valence-electron chi connectivity index (χ4n) is 2.56. The Balaban J connectivity index is 2.27. The van der Waals surface area contributed by atoms with E-state index in [1.165, 1.54) is 25.7 Å². The van der Waals surface area contributed by atoms with Gasteiger partial charge in [-0.3, -0.25) is 0 Å². The Morgan fingerprint density at radius 1 is 1.44 bits per heavy atom. The van der Waals surface area contributed by atoms with E-state index in [1.54, 1.807) is 7.11 Å². The smallest absolute Gasteiger partial charge is 0.0765 e. The van der Waals surface area contributed by atoms with Gasteiger partial charge in [-0.25, -0.2) is 0 Å². The van der Waals surface area contributed by atoms with Gasteiger partial charge >= 0.3 is 0 Å². The number of nitrogens with one attached hydrogen (secondary N) is 1. The van der Waals surface area contributed by atoms with Crippen molar-refractivity contribution in [3.8, 4) is 0 Å². The number of aliphatic hydroxyl groups is 1. The zero-order valence-electron chi connectivity index (χ0n) is 11.0. The predicted molar refractivity (Wildman–Crippen MR) is 66.5 cm³/mol. The number of methoxy groups -OCH3 is 1. The quantitative estimate of drug-likeness (QED) is 0.701. The summed E-state index contributed by atoms with van der Waals surface area (Å²) in [6.45, 7) is 5.44. The number of hydrogen-bond donors (Lipinski definition) is 2. The van der Waals surface area contributed by atoms with Crippen molar-refractivity contribution in [3.63, 3.8) is 0 Å². The molecule has 1 fully saturated rings. The van der Waals surface area contributed by atoms with Crippen LogP contribution in [0.1, 0.15) is 46.0 Å². The van der Waals surface area contributed by atoms with Crippen LogP contribution in [0.4, 0.5) is 0 Å². The van der Waals surface area contributed by atoms with Crippen molar-refractivity contribution >= 4 is 0 Å². The van der Waals surface area contributed by atoms with Crippen LogP contribution in [-0.4, -0.2) is 37.0 Å². The SMILES string of the molecule is CCC1CCCC1NCC(C)(O)CCOC. The molecule has 96 valence electrons. The minimum Gasteiger partial charge on any atom is -0.389 e. The first-order chi connectivity index (χ1) is 7.59. The molecule has 1 aliphatic rings. The molecule has 0 bridgehead atoms. The highest BCUT2D eigenvalue weighted by atomic mass is 16.5. The Bertz CT molecular complexity index is 194. The lowest BCUT2D eigenvalue weighted by Crippen LogP contribution is -2.44. The lowest BCUT2D eigenvalue weighted by molar-refractivity contribution is 0.0217. The molecule has 0 saturated heterocycles. The van der Waals surface area contributed by atoms with Crippen LogP contribution >= 0.6 is 0 Å². The lowest BCUT2D eigenvalue weighted by Gasteiger charge is -2.27. The normalized spacial score (nSPS) is 29.2. The van der Waals surface area contributed by atoms with Crippen LogP contribution in [0.5, 0.6) is 0 Å². The average Bonchev–Trinajstić information content (AvgIpc) is 2.71. The molecule has 16 heavy (non-hydrogen) atoms. The Morgan fingerprint density at radius 3 is 2.81 bits per heavy atom. The second-order valence-electron chi connectivity index (χ2n) is 5.33. The van der Waals surface area contributed by atoms with Crippen LogP contribution in [0.15, 0.2) is 0 Å². The maximum absolute atomic E-state index is 10.1. The predicted octanol–water partition coefficient (Wildman–Crippen LogP) is 1.94. The Labute approximate surface area is 99.6 Å². The van der Waals surface area contributed by atoms with Gasteiger partial charge in [-0.15, -0.1) is 0 Å². The van der Waals surface area contributed by atoms with E-state index in [0.29, 0.717) is 25.6 Å². The molecule has 0 spiro atoms. The summed E-state index contributed by atoms with van der Waals surface area (Å²) in [6, 6.07) is 0.610. The summed E-state index contributed by atoms with van der Waals surface area (Å²) in [6.07, 6.45) is 5.88. The van der Waals surface area contributed by atoms with Gasteiger partial charge in [-0.2, -0.15) is 0 Å². The van der Waals surface area contributed by atoms with E-state index in [4.69, 9.17) is 4.74 Å². The summed E-state index contributed by atoms with van der Waals surface area (Å²) in [5.41, 5.74) is -0.642. The van der Waals surface area contributed by atoms with Crippen molar-refractivity contribution < 1.29 is 9.84 Å². The highest BCUT2D eigenvalue weighted by Gasteiger charge is 2.28. The molecule has 2 N–H and O–H groups in total. The third-order valence-electron chi connectivity index (χ3n) is 3.77. The molecule has 1 aliphatic carbocycles. The number of ether oxygens (including phenoxy) is 1. The zero-order chi connectivity index (χ0) is 12.0. The van der Waals surface area contributed by atoms with E-state index in [-0.39, 0.29) is 0 Å². The van der Waals surface area contributed by atoms with Crippen LogP contribution in [-0.2, 0) is 4.74 Å². The molecule has 0 heterocycles. The van der Waals surface area contributed by atoms with Crippen LogP contribution in [0.3, 0.4) is 0 Å². The van der Waals surface area contributed by atoms with Crippen molar-refractivity contribution in [2.75, 3.05) is 20.3 Å². The third kappa shape index (κ3) is 4.40. The van der Waals surface area contributed by atoms with Gasteiger partial charge in [-0.05, 0) is 25.7 Å². The van der Waals surface area contributed by atoms with E-state index in [1.807, 2.05) is 6.92 Å². The van der Waals surface area contributed by atoms with E-state index in [2.05, 4.69) is 12.2 Å². The van der Waals surface area contributed by atoms with E-state index < -0.39 is 5.60 Å². The van der Waals surface area contributed by atoms with Gasteiger partial charge in [0.2, 0.25) is 0 Å². The molecule has 1 rings (SSSR count). The Hall–Kier alpha value is -0.120. The maximum atomic E-state index is 10.1. The summed E-state index contributed by atoms with van der Waals surface area (Å²) in [5, 5.41) is 13.6. The minimum absolute atomic E-state index is 0.610. The summed E-state index contributed by atoms with van der Waals surface area (Å²) in [4.78, 5) is 0. The molecule has 3 nitrogen and oxygen atoms in total. The average molecular weight is 229 g/mol. The maximum Gasteiger partial charge on any atom is 0.0765 e. The highest BCUT2D eigenvalue weighted by Crippen LogP contribution is 2.28. The van der Waals surface area contributed by atoms with Gasteiger partial charge in [0.25, 0.3) is 0 Å². The molecule has 3 unspecified atom stereocenters. The lowest BCUT2D eigenvalue weighted by atomic mass is 9.98. The molecule has 0 radical (unpaired) electrons. The molecule has 0 aromatic heterocycles. The van der Waals surface area contributed by atoms with Crippen molar-refractivity contribution in [1.82, 2.24) is 5.32 Å². The summed E-state index contributed by atoms with van der Waals surface area (Å²) < 4.78 is 5.00. The molecule has 3 heteroatoms. The number of hydrogen-bond acceptors (Lipinski definition) is 3. The topological polar surface area (TPSA) is 41.5 Å². The first kappa shape index (κ1) is 13.9. The largest absolute Gasteiger partial charge is 0.389 e. The molecule has 3 atom stereocenters. The van der Waals surface area contributed by atoms with Crippen molar-refractivity contribution in [1.29, 1.82) is 0 Å². The van der Waals surface area contributed by atoms with Crippen LogP contribution in [0.2, 0.25) is 0 Å². The van der Waals surface area contributed by atoms with Gasteiger partial charge in [0.1, 0.15) is 0 Å². The standard InChI is InChI=1S/C13H27NO2/c1-4-11-6-5-7-12(11)14-10-13(2,15)8-9-16-3/h11-12,14-15H,4-10H2,1-3H3. The van der Waals surface area contributed by atoms with Gasteiger partial charge in [0.05, 0.1) is 5.60 Å². The summed E-state index contributed by atoms with van der Waals surface area (Å²) >= 11 is 0. The summed E-state index contributed by atoms with van der Waals surface area (Å²) in [7, 11) is 1.67. The van der Waals surface area contributed by atoms with E-state index in [0.717, 1.165) is 5.92 Å². The molecule has 1 saturated carbocycles. The van der Waals surface area contributed by atoms with Crippen LogP contribution in [0.25, 0.3) is 0 Å². The Morgan fingerprint density at radius 2 is 2.19 bits per heavy atom. The second-order valence-corrected chi connectivity index (χ2v) is 5.33. The third-order valence-corrected chi connectivity index (χ3v) is 3.77. The van der Waals surface area contributed by atoms with Gasteiger partial charge in [0, 0.05) is 32.7 Å². The van der Waals surface area contributed by atoms with E-state index >= 15 is 0 Å². The van der Waals surface area contributed by atoms with Crippen molar-refractivity contribution in [2.45, 2.75) is 57.6 Å². The fraction of sp³-hybridized carbons (Fsp3) is 1.00. The van der Waals surface area contributed by atoms with E-state index in [9.17, 15) is 5.11 Å². The highest BCUT2D eigenvalue weighted by molar-refractivity contribution is 4.85. The van der Waals surface area contributed by atoms with Gasteiger partial charge in [0.15, 0.2) is 0 Å². The first-order valence-electron chi connectivity index (χ1n) is 6.54. The van der Waals surface area contributed by atoms with Crippen LogP contribution in [0, 0.1) is 5.92 Å². The fourth-order valence-corrected chi connectivity index (χ4v) is 2.56. The van der Waals surface area contributed by atoms with Crippen molar-refractivity contribution in [2.24, 2.45) is 5.92 Å². The molecule has 0 aromatic carbocycles.